The van der Waals surface area contributed by atoms with Crippen LogP contribution in [0.3, 0.4) is 0 Å². The molecule has 11 N–H and O–H groups in total. The Balaban J connectivity index is 1.78. The van der Waals surface area contributed by atoms with Crippen molar-refractivity contribution in [3.63, 3.8) is 0 Å². The first-order valence-corrected chi connectivity index (χ1v) is 12.6. The first-order chi connectivity index (χ1) is 18.8. The number of hydrogen-bond donors (Lipinski definition) is 11. The quantitative estimate of drug-likeness (QED) is 0.120. The van der Waals surface area contributed by atoms with E-state index in [1.54, 1.807) is 0 Å². The minimum absolute atomic E-state index is 0.596. The number of amides is 2. The summed E-state index contributed by atoms with van der Waals surface area (Å²) in [6, 6.07) is -2.75. The number of ether oxygens (including phenoxy) is 5. The van der Waals surface area contributed by atoms with Crippen LogP contribution in [0.5, 0.6) is 0 Å². The zero-order valence-electron chi connectivity index (χ0n) is 21.7. The monoisotopic (exact) mass is 586 g/mol. The maximum atomic E-state index is 11.8. The van der Waals surface area contributed by atoms with Crippen LogP contribution in [0.15, 0.2) is 0 Å². The number of aliphatic hydroxyl groups excluding tert-OH is 9. The Morgan fingerprint density at radius 2 is 1.18 bits per heavy atom. The van der Waals surface area contributed by atoms with E-state index in [9.17, 15) is 55.5 Å². The van der Waals surface area contributed by atoms with Crippen molar-refractivity contribution in [2.75, 3.05) is 19.8 Å². The molecule has 3 aliphatic heterocycles. The molecule has 0 radical (unpaired) electrons. The van der Waals surface area contributed by atoms with Crippen molar-refractivity contribution in [2.24, 2.45) is 0 Å². The number of carbonyl (C=O) groups is 2. The SMILES string of the molecule is CC(=O)N[C@H]1[C@H](OC[C@H]2OC(O)[C@H](NC(C)=O)[C@@H](O[C@@H]3O[C@H](CO)[C@H](O)[C@H](O)[C@H]3O)[C@H]2O)O[C@H](CO)[C@H](O)[C@@H]1O. The molecule has 18 heteroatoms. The molecule has 18 nitrogen and oxygen atoms in total. The van der Waals surface area contributed by atoms with Gasteiger partial charge in [-0.25, -0.2) is 0 Å². The van der Waals surface area contributed by atoms with Crippen molar-refractivity contribution < 1.29 is 79.2 Å². The normalized spacial score (nSPS) is 46.0. The molecule has 1 unspecified atom stereocenters. The van der Waals surface area contributed by atoms with E-state index in [0.717, 1.165) is 13.8 Å². The summed E-state index contributed by atoms with van der Waals surface area (Å²) in [6.07, 6.45) is -21.0. The molecule has 3 heterocycles. The third-order valence-electron chi connectivity index (χ3n) is 6.88. The van der Waals surface area contributed by atoms with Crippen molar-refractivity contribution in [1.29, 1.82) is 0 Å². The highest BCUT2D eigenvalue weighted by atomic mass is 16.7. The summed E-state index contributed by atoms with van der Waals surface area (Å²) in [6.45, 7) is 0.184. The molecule has 3 rings (SSSR count). The summed E-state index contributed by atoms with van der Waals surface area (Å²) in [5, 5.41) is 96.3. The number of aliphatic hydroxyl groups is 9. The standard InChI is InChI=1S/C22H38N2O16/c1-6(27)23-11-16(32)13(29)8(3-25)38-21(11)36-5-10-15(31)19(12(20(35)37-10)24-7(2)28)40-22-18(34)17(33)14(30)9(4-26)39-22/h8-22,25-26,29-35H,3-5H2,1-2H3,(H,23,27)(H,24,28)/t8-,9-,10-,11-,12-,13+,14+,15+,16-,17+,18-,19-,20?,21-,22+/m1/s1. The van der Waals surface area contributed by atoms with E-state index in [1.165, 1.54) is 0 Å². The lowest BCUT2D eigenvalue weighted by Gasteiger charge is -2.47. The van der Waals surface area contributed by atoms with Crippen LogP contribution in [0.4, 0.5) is 0 Å². The average Bonchev–Trinajstić information content (AvgIpc) is 2.90. The molecule has 15 atom stereocenters. The number of nitrogens with one attached hydrogen (secondary N) is 2. The van der Waals surface area contributed by atoms with Crippen LogP contribution in [0, 0.1) is 0 Å². The van der Waals surface area contributed by atoms with Crippen LogP contribution in [-0.4, -0.2) is 170 Å². The van der Waals surface area contributed by atoms with Crippen LogP contribution in [0.25, 0.3) is 0 Å². The van der Waals surface area contributed by atoms with E-state index in [0.29, 0.717) is 0 Å². The van der Waals surface area contributed by atoms with Gasteiger partial charge in [-0.05, 0) is 0 Å². The second-order valence-electron chi connectivity index (χ2n) is 9.85. The molecule has 3 aliphatic rings. The Hall–Kier alpha value is -1.62. The molecule has 0 spiro atoms. The van der Waals surface area contributed by atoms with Gasteiger partial charge in [-0.1, -0.05) is 0 Å². The van der Waals surface area contributed by atoms with Crippen molar-refractivity contribution in [1.82, 2.24) is 10.6 Å². The molecule has 0 aromatic carbocycles. The van der Waals surface area contributed by atoms with Crippen LogP contribution >= 0.6 is 0 Å². The van der Waals surface area contributed by atoms with Gasteiger partial charge in [-0.15, -0.1) is 0 Å². The highest BCUT2D eigenvalue weighted by Gasteiger charge is 2.52. The minimum atomic E-state index is -1.87. The Kier molecular flexibility index (Phi) is 11.5. The second kappa shape index (κ2) is 14.0. The summed E-state index contributed by atoms with van der Waals surface area (Å²) in [4.78, 5) is 23.4. The van der Waals surface area contributed by atoms with Gasteiger partial charge in [0.1, 0.15) is 73.1 Å². The first kappa shape index (κ1) is 32.9. The molecule has 3 saturated heterocycles. The predicted molar refractivity (Wildman–Crippen MR) is 124 cm³/mol. The van der Waals surface area contributed by atoms with Crippen LogP contribution in [0.1, 0.15) is 13.8 Å². The maximum absolute atomic E-state index is 11.8. The molecule has 3 fully saturated rings. The van der Waals surface area contributed by atoms with Gasteiger partial charge in [0, 0.05) is 13.8 Å². The summed E-state index contributed by atoms with van der Waals surface area (Å²) < 4.78 is 27.4. The lowest BCUT2D eigenvalue weighted by atomic mass is 9.95. The van der Waals surface area contributed by atoms with Gasteiger partial charge in [-0.2, -0.15) is 0 Å². The van der Waals surface area contributed by atoms with Gasteiger partial charge in [0.2, 0.25) is 11.8 Å². The van der Waals surface area contributed by atoms with Gasteiger partial charge in [-0.3, -0.25) is 9.59 Å². The number of hydrogen-bond acceptors (Lipinski definition) is 16. The second-order valence-corrected chi connectivity index (χ2v) is 9.85. The Labute approximate surface area is 228 Å². The molecule has 0 aromatic heterocycles. The van der Waals surface area contributed by atoms with Crippen LogP contribution < -0.4 is 10.6 Å². The Bertz CT molecular complexity index is 852. The Morgan fingerprint density at radius 3 is 1.73 bits per heavy atom. The fourth-order valence-corrected chi connectivity index (χ4v) is 4.76. The van der Waals surface area contributed by atoms with Gasteiger partial charge >= 0.3 is 0 Å². The third kappa shape index (κ3) is 7.23. The fourth-order valence-electron chi connectivity index (χ4n) is 4.76. The highest BCUT2D eigenvalue weighted by molar-refractivity contribution is 5.73. The van der Waals surface area contributed by atoms with E-state index in [-0.39, 0.29) is 0 Å². The van der Waals surface area contributed by atoms with E-state index in [1.807, 2.05) is 0 Å². The van der Waals surface area contributed by atoms with E-state index in [4.69, 9.17) is 23.7 Å². The summed E-state index contributed by atoms with van der Waals surface area (Å²) in [5.41, 5.74) is 0. The smallest absolute Gasteiger partial charge is 0.217 e. The molecular formula is C22H38N2O16. The zero-order valence-corrected chi connectivity index (χ0v) is 21.7. The number of carbonyl (C=O) groups excluding carboxylic acids is 2. The van der Waals surface area contributed by atoms with Crippen molar-refractivity contribution in [3.05, 3.63) is 0 Å². The van der Waals surface area contributed by atoms with Gasteiger partial charge in [0.15, 0.2) is 18.9 Å². The topological polar surface area (TPSA) is 286 Å². The van der Waals surface area contributed by atoms with E-state index >= 15 is 0 Å². The largest absolute Gasteiger partial charge is 0.394 e. The van der Waals surface area contributed by atoms with E-state index in [2.05, 4.69) is 10.6 Å². The lowest BCUT2D eigenvalue weighted by molar-refractivity contribution is -0.345. The fraction of sp³-hybridized carbons (Fsp3) is 0.909. The van der Waals surface area contributed by atoms with Crippen molar-refractivity contribution in [3.8, 4) is 0 Å². The highest BCUT2D eigenvalue weighted by Crippen LogP contribution is 2.30. The van der Waals surface area contributed by atoms with Crippen LogP contribution in [0.2, 0.25) is 0 Å². The minimum Gasteiger partial charge on any atom is -0.394 e. The average molecular weight is 587 g/mol. The van der Waals surface area contributed by atoms with Gasteiger partial charge in [0.25, 0.3) is 0 Å². The third-order valence-corrected chi connectivity index (χ3v) is 6.88. The first-order valence-electron chi connectivity index (χ1n) is 12.6. The van der Waals surface area contributed by atoms with Crippen molar-refractivity contribution in [2.45, 2.75) is 106 Å². The molecule has 40 heavy (non-hydrogen) atoms. The van der Waals surface area contributed by atoms with Crippen LogP contribution in [-0.2, 0) is 33.3 Å². The predicted octanol–water partition coefficient (Wildman–Crippen LogP) is -7.29. The summed E-state index contributed by atoms with van der Waals surface area (Å²) >= 11 is 0. The molecule has 0 bridgehead atoms. The van der Waals surface area contributed by atoms with Gasteiger partial charge in [0.05, 0.1) is 19.8 Å². The molecule has 232 valence electrons. The molecule has 0 aliphatic carbocycles. The van der Waals surface area contributed by atoms with Gasteiger partial charge < -0.3 is 80.3 Å². The zero-order chi connectivity index (χ0) is 29.9. The van der Waals surface area contributed by atoms with Crippen molar-refractivity contribution >= 4 is 11.8 Å². The lowest BCUT2D eigenvalue weighted by Crippen LogP contribution is -2.68. The summed E-state index contributed by atoms with van der Waals surface area (Å²) in [5.74, 6) is -1.26. The molecule has 0 saturated carbocycles. The molecule has 2 amide bonds. The molecule has 0 aromatic rings. The Morgan fingerprint density at radius 1 is 0.650 bits per heavy atom. The summed E-state index contributed by atoms with van der Waals surface area (Å²) in [7, 11) is 0. The van der Waals surface area contributed by atoms with E-state index < -0.39 is 124 Å². The maximum Gasteiger partial charge on any atom is 0.217 e. The number of rotatable bonds is 9. The molecular weight excluding hydrogens is 548 g/mol.